The van der Waals surface area contributed by atoms with Gasteiger partial charge < -0.3 is 14.6 Å². The van der Waals surface area contributed by atoms with Crippen LogP contribution in [0.1, 0.15) is 22.7 Å². The Kier molecular flexibility index (Phi) is 8.88. The first kappa shape index (κ1) is 23.1. The van der Waals surface area contributed by atoms with E-state index in [4.69, 9.17) is 14.6 Å². The number of hydrogen-bond acceptors (Lipinski definition) is 4. The van der Waals surface area contributed by atoms with Crippen molar-refractivity contribution in [2.24, 2.45) is 0 Å². The number of likely N-dealkylation sites (N-methyl/N-ethyl adjacent to an activating group) is 1. The maximum atomic E-state index is 10.7. The third kappa shape index (κ3) is 7.59. The summed E-state index contributed by atoms with van der Waals surface area (Å²) in [6.07, 6.45) is 0. The maximum absolute atomic E-state index is 10.7. The van der Waals surface area contributed by atoms with Crippen molar-refractivity contribution in [3.63, 3.8) is 0 Å². The molecule has 1 atom stereocenters. The summed E-state index contributed by atoms with van der Waals surface area (Å²) in [5.74, 6) is 4.50. The molecule has 164 valence electrons. The van der Waals surface area contributed by atoms with E-state index in [0.29, 0.717) is 26.4 Å². The number of carboxylic acids is 1. The van der Waals surface area contributed by atoms with Crippen LogP contribution in [-0.2, 0) is 22.7 Å². The predicted octanol–water partition coefficient (Wildman–Crippen LogP) is 4.54. The lowest BCUT2D eigenvalue weighted by molar-refractivity contribution is -0.130. The molecule has 5 heteroatoms. The Bertz CT molecular complexity index is 1040. The third-order valence-electron chi connectivity index (χ3n) is 4.93. The Balaban J connectivity index is 1.70. The summed E-state index contributed by atoms with van der Waals surface area (Å²) in [6.45, 7) is 1.72. The fraction of sp³-hybridized carbons (Fsp3) is 0.222. The topological polar surface area (TPSA) is 59.0 Å². The average molecular weight is 430 g/mol. The Morgan fingerprint density at radius 3 is 2.25 bits per heavy atom. The van der Waals surface area contributed by atoms with Gasteiger partial charge in [0.1, 0.15) is 12.4 Å². The molecule has 0 radical (unpaired) electrons. The molecule has 0 spiro atoms. The van der Waals surface area contributed by atoms with Crippen molar-refractivity contribution < 1.29 is 19.4 Å². The van der Waals surface area contributed by atoms with Crippen LogP contribution >= 0.6 is 0 Å². The number of carboxylic acid groups (broad SMARTS) is 1. The minimum atomic E-state index is -1.13. The van der Waals surface area contributed by atoms with E-state index in [1.165, 1.54) is 0 Å². The molecular weight excluding hydrogens is 402 g/mol. The van der Waals surface area contributed by atoms with E-state index >= 15 is 0 Å². The predicted molar refractivity (Wildman–Crippen MR) is 124 cm³/mol. The summed E-state index contributed by atoms with van der Waals surface area (Å²) < 4.78 is 12.0. The zero-order chi connectivity index (χ0) is 22.6. The van der Waals surface area contributed by atoms with Gasteiger partial charge in [-0.05, 0) is 35.9 Å². The van der Waals surface area contributed by atoms with Crippen molar-refractivity contribution in [3.05, 3.63) is 102 Å². The Morgan fingerprint density at radius 2 is 1.59 bits per heavy atom. The second kappa shape index (κ2) is 12.3. The summed E-state index contributed by atoms with van der Waals surface area (Å²) in [4.78, 5) is 12.7. The Morgan fingerprint density at radius 1 is 0.938 bits per heavy atom. The lowest BCUT2D eigenvalue weighted by atomic mass is 10.1. The van der Waals surface area contributed by atoms with Crippen molar-refractivity contribution in [2.75, 3.05) is 20.2 Å². The van der Waals surface area contributed by atoms with Gasteiger partial charge in [0.15, 0.2) is 0 Å². The van der Waals surface area contributed by atoms with Gasteiger partial charge in [-0.2, -0.15) is 0 Å². The van der Waals surface area contributed by atoms with Gasteiger partial charge in [-0.15, -0.1) is 0 Å². The van der Waals surface area contributed by atoms with E-state index in [2.05, 4.69) is 11.8 Å². The summed E-state index contributed by atoms with van der Waals surface area (Å²) >= 11 is 0. The maximum Gasteiger partial charge on any atom is 0.381 e. The Labute approximate surface area is 189 Å². The molecule has 0 saturated heterocycles. The molecule has 0 aliphatic rings. The minimum absolute atomic E-state index is 0.109. The lowest BCUT2D eigenvalue weighted by Crippen LogP contribution is -2.29. The van der Waals surface area contributed by atoms with Crippen LogP contribution in [0.15, 0.2) is 84.9 Å². The molecule has 5 nitrogen and oxygen atoms in total. The number of aliphatic carboxylic acids is 1. The van der Waals surface area contributed by atoms with Crippen LogP contribution in [0.3, 0.4) is 0 Å². The van der Waals surface area contributed by atoms with E-state index in [1.54, 1.807) is 0 Å². The minimum Gasteiger partial charge on any atom is -0.489 e. The molecule has 1 unspecified atom stereocenters. The van der Waals surface area contributed by atoms with Crippen LogP contribution in [-0.4, -0.2) is 36.2 Å². The number of carbonyl (C=O) groups is 1. The molecule has 3 aromatic carbocycles. The molecule has 32 heavy (non-hydrogen) atoms. The first-order valence-electron chi connectivity index (χ1n) is 10.4. The molecule has 3 rings (SSSR count). The fourth-order valence-corrected chi connectivity index (χ4v) is 3.24. The molecule has 0 amide bonds. The highest BCUT2D eigenvalue weighted by atomic mass is 16.5. The van der Waals surface area contributed by atoms with Crippen molar-refractivity contribution in [1.29, 1.82) is 0 Å². The number of benzene rings is 3. The van der Waals surface area contributed by atoms with Crippen LogP contribution < -0.4 is 4.74 Å². The first-order chi connectivity index (χ1) is 15.6. The summed E-state index contributed by atoms with van der Waals surface area (Å²) in [6, 6.07) is 27.8. The first-order valence-corrected chi connectivity index (χ1v) is 10.4. The van der Waals surface area contributed by atoms with Gasteiger partial charge in [-0.1, -0.05) is 78.7 Å². The van der Waals surface area contributed by atoms with Crippen LogP contribution in [0, 0.1) is 11.8 Å². The van der Waals surface area contributed by atoms with Gasteiger partial charge >= 0.3 is 5.97 Å². The molecule has 0 aliphatic heterocycles. The van der Waals surface area contributed by atoms with E-state index < -0.39 is 5.97 Å². The van der Waals surface area contributed by atoms with E-state index in [9.17, 15) is 4.79 Å². The van der Waals surface area contributed by atoms with E-state index in [1.807, 2.05) is 96.9 Å². The van der Waals surface area contributed by atoms with E-state index in [0.717, 1.165) is 22.4 Å². The molecule has 0 heterocycles. The van der Waals surface area contributed by atoms with Gasteiger partial charge in [-0.3, -0.25) is 4.90 Å². The van der Waals surface area contributed by atoms with Gasteiger partial charge in [0.25, 0.3) is 0 Å². The summed E-state index contributed by atoms with van der Waals surface area (Å²) in [7, 11) is 1.91. The molecule has 0 bridgehead atoms. The zero-order valence-electron chi connectivity index (χ0n) is 18.1. The molecule has 0 aromatic heterocycles. The normalized spacial score (nSPS) is 11.4. The highest BCUT2D eigenvalue weighted by molar-refractivity contribution is 5.86. The van der Waals surface area contributed by atoms with E-state index in [-0.39, 0.29) is 6.04 Å². The number of hydrogen-bond donors (Lipinski definition) is 1. The van der Waals surface area contributed by atoms with Gasteiger partial charge in [0, 0.05) is 5.92 Å². The van der Waals surface area contributed by atoms with Crippen molar-refractivity contribution >= 4 is 5.97 Å². The SMILES string of the molecule is CN(CC#CC(=O)O)C(COCc1ccccc1)c1cccc(OCc2ccccc2)c1. The monoisotopic (exact) mass is 429 g/mol. The molecular formula is C27H27NO4. The number of nitrogens with zero attached hydrogens (tertiary/aromatic N) is 1. The van der Waals surface area contributed by atoms with Crippen LogP contribution in [0.25, 0.3) is 0 Å². The van der Waals surface area contributed by atoms with Crippen molar-refractivity contribution in [1.82, 2.24) is 4.90 Å². The fourth-order valence-electron chi connectivity index (χ4n) is 3.24. The van der Waals surface area contributed by atoms with Crippen molar-refractivity contribution in [3.8, 4) is 17.6 Å². The quantitative estimate of drug-likeness (QED) is 0.480. The largest absolute Gasteiger partial charge is 0.489 e. The van der Waals surface area contributed by atoms with Gasteiger partial charge in [0.05, 0.1) is 25.8 Å². The highest BCUT2D eigenvalue weighted by Gasteiger charge is 2.18. The highest BCUT2D eigenvalue weighted by Crippen LogP contribution is 2.25. The number of rotatable bonds is 10. The molecule has 0 saturated carbocycles. The smallest absolute Gasteiger partial charge is 0.381 e. The molecule has 0 aliphatic carbocycles. The van der Waals surface area contributed by atoms with Crippen LogP contribution in [0.2, 0.25) is 0 Å². The van der Waals surface area contributed by atoms with Crippen LogP contribution in [0.4, 0.5) is 0 Å². The summed E-state index contributed by atoms with van der Waals surface area (Å²) in [5.41, 5.74) is 3.21. The second-order valence-corrected chi connectivity index (χ2v) is 7.39. The summed E-state index contributed by atoms with van der Waals surface area (Å²) in [5, 5.41) is 8.81. The molecule has 1 N–H and O–H groups in total. The van der Waals surface area contributed by atoms with Crippen molar-refractivity contribution in [2.45, 2.75) is 19.3 Å². The Hall–Kier alpha value is -3.59. The average Bonchev–Trinajstić information content (AvgIpc) is 2.82. The zero-order valence-corrected chi connectivity index (χ0v) is 18.1. The standard InChI is InChI=1S/C27H27NO4/c1-28(17-9-16-27(29)30)26(21-31-19-22-10-4-2-5-11-22)24-14-8-15-25(18-24)32-20-23-12-6-3-7-13-23/h2-8,10-15,18,26H,17,19-21H2,1H3,(H,29,30). The lowest BCUT2D eigenvalue weighted by Gasteiger charge is -2.27. The molecule has 3 aromatic rings. The number of ether oxygens (including phenoxy) is 2. The second-order valence-electron chi connectivity index (χ2n) is 7.39. The third-order valence-corrected chi connectivity index (χ3v) is 4.93. The van der Waals surface area contributed by atoms with Gasteiger partial charge in [0.2, 0.25) is 0 Å². The molecule has 0 fully saturated rings. The van der Waals surface area contributed by atoms with Gasteiger partial charge in [-0.25, -0.2) is 4.79 Å². The van der Waals surface area contributed by atoms with Crippen LogP contribution in [0.5, 0.6) is 5.75 Å².